The molecule has 2 heterocycles. The molecule has 0 bridgehead atoms. The van der Waals surface area contributed by atoms with Crippen molar-refractivity contribution in [3.8, 4) is 0 Å². The standard InChI is InChI=1S/C38H56N6O5S2/c1-35(2,3)43-33(49)30-37(6,7)51-38(8,9)44(30)23-26(45)22-40-32(48)29-36(4,5)50-34(42-29)28(31(47)39-21-25-18-14-11-15-19-25)41-27(46)20-24-16-12-10-13-17-24/h10-19,26,28-30,34,42,45H,20-23H2,1-9H3,(H,39,47)(H,40,48)(H,41,46)(H,43,49)/t26-,28?,29+,30?,34-/m1/s1. The van der Waals surface area contributed by atoms with Crippen molar-refractivity contribution in [3.63, 3.8) is 0 Å². The molecule has 11 nitrogen and oxygen atoms in total. The molecule has 0 aromatic heterocycles. The number of carbonyl (C=O) groups is 4. The molecule has 0 radical (unpaired) electrons. The zero-order valence-corrected chi connectivity index (χ0v) is 33.0. The Morgan fingerprint density at radius 1 is 0.863 bits per heavy atom. The van der Waals surface area contributed by atoms with E-state index in [-0.39, 0.29) is 49.7 Å². The first-order valence-electron chi connectivity index (χ1n) is 17.5. The lowest BCUT2D eigenvalue weighted by atomic mass is 9.97. The fraction of sp³-hybridized carbons (Fsp3) is 0.579. The van der Waals surface area contributed by atoms with Crippen LogP contribution in [0.4, 0.5) is 0 Å². The molecule has 2 saturated heterocycles. The highest BCUT2D eigenvalue weighted by Gasteiger charge is 2.55. The van der Waals surface area contributed by atoms with Crippen molar-refractivity contribution in [2.24, 2.45) is 0 Å². The van der Waals surface area contributed by atoms with Crippen molar-refractivity contribution in [2.45, 2.75) is 125 Å². The molecule has 2 aromatic rings. The van der Waals surface area contributed by atoms with Crippen molar-refractivity contribution in [1.82, 2.24) is 31.5 Å². The highest BCUT2D eigenvalue weighted by molar-refractivity contribution is 8.02. The Labute approximate surface area is 311 Å². The Hall–Kier alpha value is -3.10. The van der Waals surface area contributed by atoms with Gasteiger partial charge in [-0.2, -0.15) is 0 Å². The number of β-amino-alcohol motifs (C(OH)–C–C–N with tert-alkyl or cyclic N) is 1. The number of aliphatic hydroxyl groups is 1. The second kappa shape index (κ2) is 16.3. The first-order chi connectivity index (χ1) is 23.7. The molecule has 280 valence electrons. The van der Waals surface area contributed by atoms with Gasteiger partial charge in [0.1, 0.15) is 18.1 Å². The molecule has 2 fully saturated rings. The normalized spacial score (nSPS) is 23.5. The zero-order chi connectivity index (χ0) is 37.8. The number of carbonyl (C=O) groups excluding carboxylic acids is 4. The van der Waals surface area contributed by atoms with Crippen molar-refractivity contribution < 1.29 is 24.3 Å². The third kappa shape index (κ3) is 11.0. The van der Waals surface area contributed by atoms with Gasteiger partial charge in [-0.25, -0.2) is 0 Å². The van der Waals surface area contributed by atoms with Crippen LogP contribution >= 0.6 is 23.5 Å². The highest BCUT2D eigenvalue weighted by atomic mass is 32.2. The van der Waals surface area contributed by atoms with Gasteiger partial charge < -0.3 is 26.4 Å². The first-order valence-corrected chi connectivity index (χ1v) is 19.2. The molecule has 0 aliphatic carbocycles. The summed E-state index contributed by atoms with van der Waals surface area (Å²) in [5, 5.41) is 25.8. The van der Waals surface area contributed by atoms with E-state index in [0.717, 1.165) is 11.1 Å². The summed E-state index contributed by atoms with van der Waals surface area (Å²) >= 11 is 3.10. The number of nitrogens with one attached hydrogen (secondary N) is 5. The second-order valence-corrected chi connectivity index (χ2v) is 20.0. The molecule has 4 rings (SSSR count). The number of amides is 4. The van der Waals surface area contributed by atoms with Crippen LogP contribution in [0.2, 0.25) is 0 Å². The summed E-state index contributed by atoms with van der Waals surface area (Å²) < 4.78 is -1.07. The second-order valence-electron chi connectivity index (χ2n) is 16.0. The average Bonchev–Trinajstić information content (AvgIpc) is 3.44. The molecule has 5 atom stereocenters. The number of aliphatic hydroxyl groups excluding tert-OH is 1. The van der Waals surface area contributed by atoms with E-state index < -0.39 is 49.5 Å². The lowest BCUT2D eigenvalue weighted by molar-refractivity contribution is -0.130. The summed E-state index contributed by atoms with van der Waals surface area (Å²) in [6, 6.07) is 16.6. The minimum atomic E-state index is -0.966. The Balaban J connectivity index is 1.43. The fourth-order valence-electron chi connectivity index (χ4n) is 6.81. The van der Waals surface area contributed by atoms with Gasteiger partial charge in [-0.3, -0.25) is 29.4 Å². The molecule has 2 aliphatic rings. The molecule has 2 unspecified atom stereocenters. The first kappa shape index (κ1) is 40.7. The van der Waals surface area contributed by atoms with Gasteiger partial charge in [-0.1, -0.05) is 60.7 Å². The minimum absolute atomic E-state index is 0.0253. The van der Waals surface area contributed by atoms with Crippen molar-refractivity contribution in [3.05, 3.63) is 71.8 Å². The summed E-state index contributed by atoms with van der Waals surface area (Å²) in [6.07, 6.45) is -0.844. The third-order valence-electron chi connectivity index (χ3n) is 8.98. The van der Waals surface area contributed by atoms with E-state index in [4.69, 9.17) is 0 Å². The smallest absolute Gasteiger partial charge is 0.245 e. The maximum Gasteiger partial charge on any atom is 0.245 e. The maximum atomic E-state index is 13.7. The van der Waals surface area contributed by atoms with E-state index in [9.17, 15) is 24.3 Å². The molecular formula is C38H56N6O5S2. The highest BCUT2D eigenvalue weighted by Crippen LogP contribution is 2.51. The Bertz CT molecular complexity index is 1530. The Morgan fingerprint density at radius 3 is 2.04 bits per heavy atom. The predicted octanol–water partition coefficient (Wildman–Crippen LogP) is 3.16. The topological polar surface area (TPSA) is 152 Å². The molecular weight excluding hydrogens is 685 g/mol. The molecule has 0 spiro atoms. The summed E-state index contributed by atoms with van der Waals surface area (Å²) in [5.74, 6) is -1.10. The number of hydrogen-bond acceptors (Lipinski definition) is 9. The van der Waals surface area contributed by atoms with Gasteiger partial charge in [0.2, 0.25) is 23.6 Å². The van der Waals surface area contributed by atoms with E-state index in [1.165, 1.54) is 11.8 Å². The number of rotatable bonds is 13. The largest absolute Gasteiger partial charge is 0.390 e. The molecule has 6 N–H and O–H groups in total. The van der Waals surface area contributed by atoms with Crippen molar-refractivity contribution >= 4 is 47.2 Å². The van der Waals surface area contributed by atoms with Crippen LogP contribution in [-0.4, -0.2) is 96.2 Å². The van der Waals surface area contributed by atoms with E-state index in [0.29, 0.717) is 0 Å². The molecule has 0 saturated carbocycles. The van der Waals surface area contributed by atoms with E-state index in [1.807, 2.05) is 128 Å². The quantitative estimate of drug-likeness (QED) is 0.182. The van der Waals surface area contributed by atoms with Gasteiger partial charge in [0.25, 0.3) is 0 Å². The molecule has 2 aliphatic heterocycles. The van der Waals surface area contributed by atoms with Crippen LogP contribution in [0.25, 0.3) is 0 Å². The SMILES string of the molecule is CC(C)(C)NC(=O)C1N(C[C@H](O)CNC(=O)[C@@H]2N[C@@H](C(NC(=O)Cc3ccccc3)C(=O)NCc3ccccc3)SC2(C)C)C(C)(C)SC1(C)C. The summed E-state index contributed by atoms with van der Waals surface area (Å²) in [4.78, 5) is 55.7. The van der Waals surface area contributed by atoms with Gasteiger partial charge in [0, 0.05) is 34.7 Å². The summed E-state index contributed by atoms with van der Waals surface area (Å²) in [6.45, 7) is 18.3. The van der Waals surface area contributed by atoms with Crippen LogP contribution in [0.1, 0.15) is 73.4 Å². The monoisotopic (exact) mass is 740 g/mol. The van der Waals surface area contributed by atoms with Crippen LogP contribution in [-0.2, 0) is 32.1 Å². The fourth-order valence-corrected chi connectivity index (χ4v) is 10.2. The van der Waals surface area contributed by atoms with Gasteiger partial charge in [-0.15, -0.1) is 23.5 Å². The van der Waals surface area contributed by atoms with E-state index in [2.05, 4.69) is 26.6 Å². The van der Waals surface area contributed by atoms with Gasteiger partial charge in [-0.05, 0) is 73.4 Å². The van der Waals surface area contributed by atoms with Crippen LogP contribution in [0.15, 0.2) is 60.7 Å². The van der Waals surface area contributed by atoms with Gasteiger partial charge in [0.15, 0.2) is 0 Å². The third-order valence-corrected chi connectivity index (χ3v) is 12.0. The van der Waals surface area contributed by atoms with Gasteiger partial charge in [0.05, 0.1) is 22.8 Å². The zero-order valence-electron chi connectivity index (χ0n) is 31.3. The maximum absolute atomic E-state index is 13.7. The lowest BCUT2D eigenvalue weighted by Crippen LogP contribution is -2.60. The number of hydrogen-bond donors (Lipinski definition) is 6. The van der Waals surface area contributed by atoms with Crippen LogP contribution in [0.5, 0.6) is 0 Å². The summed E-state index contributed by atoms with van der Waals surface area (Å²) in [7, 11) is 0. The lowest BCUT2D eigenvalue weighted by Gasteiger charge is -2.37. The molecule has 51 heavy (non-hydrogen) atoms. The average molecular weight is 741 g/mol. The van der Waals surface area contributed by atoms with Crippen LogP contribution < -0.4 is 26.6 Å². The van der Waals surface area contributed by atoms with E-state index in [1.54, 1.807) is 11.8 Å². The molecule has 4 amide bonds. The summed E-state index contributed by atoms with van der Waals surface area (Å²) in [5.41, 5.74) is 1.33. The van der Waals surface area contributed by atoms with E-state index >= 15 is 0 Å². The van der Waals surface area contributed by atoms with Gasteiger partial charge >= 0.3 is 0 Å². The Kier molecular flexibility index (Phi) is 13.0. The number of nitrogens with zero attached hydrogens (tertiary/aromatic N) is 1. The number of benzene rings is 2. The van der Waals surface area contributed by atoms with Crippen LogP contribution in [0.3, 0.4) is 0 Å². The predicted molar refractivity (Wildman–Crippen MR) is 206 cm³/mol. The number of thioether (sulfide) groups is 2. The molecule has 2 aromatic carbocycles. The van der Waals surface area contributed by atoms with Crippen LogP contribution in [0, 0.1) is 0 Å². The van der Waals surface area contributed by atoms with Crippen molar-refractivity contribution in [1.29, 1.82) is 0 Å². The minimum Gasteiger partial charge on any atom is -0.390 e. The van der Waals surface area contributed by atoms with Crippen molar-refractivity contribution in [2.75, 3.05) is 13.1 Å². The molecule has 13 heteroatoms. The Morgan fingerprint density at radius 2 is 1.45 bits per heavy atom.